The first-order valence-corrected chi connectivity index (χ1v) is 32.2. The second-order valence-electron chi connectivity index (χ2n) is 15.1. The molecular formula is C35H31ClN10O25S8. The molecule has 0 saturated heterocycles. The predicted molar refractivity (Wildman–Crippen MR) is 267 cm³/mol. The molecule has 0 aliphatic carbocycles. The first kappa shape index (κ1) is 61.6. The van der Waals surface area contributed by atoms with Gasteiger partial charge in [0.05, 0.1) is 45.6 Å². The van der Waals surface area contributed by atoms with Crippen LogP contribution in [0.3, 0.4) is 0 Å². The van der Waals surface area contributed by atoms with E-state index in [1.807, 2.05) is 0 Å². The molecule has 6 rings (SSSR count). The fourth-order valence-electron chi connectivity index (χ4n) is 6.38. The average molecular weight is 1280 g/mol. The van der Waals surface area contributed by atoms with Crippen LogP contribution in [0.1, 0.15) is 0 Å². The number of nitrogen functional groups attached to an aromatic ring is 1. The number of nitrogens with two attached hydrogens (primary N) is 1. The third kappa shape index (κ3) is 15.8. The van der Waals surface area contributed by atoms with Crippen molar-refractivity contribution in [1.82, 2.24) is 15.0 Å². The Morgan fingerprint density at radius 2 is 0.937 bits per heavy atom. The molecular weight excluding hydrogens is 1250 g/mol. The van der Waals surface area contributed by atoms with Crippen molar-refractivity contribution < 1.29 is 108 Å². The minimum absolute atomic E-state index is 0.144. The Hall–Kier alpha value is -6.66. The van der Waals surface area contributed by atoms with Crippen LogP contribution in [0.25, 0.3) is 10.8 Å². The van der Waals surface area contributed by atoms with Gasteiger partial charge in [0, 0.05) is 11.4 Å². The standard InChI is InChI=1S/C35H31ClN10O25S8/c36-33-40-34(38-18-1-4-20(5-2-18)72(48,49)11-9-70-78(64,65)66)42-35(41-33)39-19-3-8-24(74(52,53)54)23(15-19)44-46-31-27(77(61,62)63)14-17-13-26(76(58,59)60)30(29(37)28(17)32(31)47)45-43-22-7-6-21(16-25(22)75(55,56)57)73(50,51)12-10-71-79(67,68)69/h1-8,13-16,47H,9-12,37H2,(H,52,53,54)(H,55,56,57)(H,58,59,60)(H,61,62,63)(H,64,65,66)(H,67,68,69)(H2,38,39,40,41,42). The number of aromatic nitrogens is 3. The van der Waals surface area contributed by atoms with E-state index in [0.717, 1.165) is 30.3 Å². The fraction of sp³-hybridized carbons (Fsp3) is 0.114. The number of nitrogens with zero attached hydrogens (tertiary/aromatic N) is 7. The number of sulfone groups is 2. The Morgan fingerprint density at radius 1 is 0.494 bits per heavy atom. The van der Waals surface area contributed by atoms with Gasteiger partial charge in [0.1, 0.15) is 42.3 Å². The van der Waals surface area contributed by atoms with Crippen LogP contribution >= 0.6 is 11.6 Å². The topological polar surface area (TPSA) is 571 Å². The van der Waals surface area contributed by atoms with E-state index in [-0.39, 0.29) is 22.2 Å². The zero-order valence-electron chi connectivity index (χ0n) is 38.1. The maximum atomic E-state index is 12.8. The van der Waals surface area contributed by atoms with Crippen LogP contribution in [-0.4, -0.2) is 139 Å². The zero-order valence-corrected chi connectivity index (χ0v) is 45.4. The monoisotopic (exact) mass is 1280 g/mol. The van der Waals surface area contributed by atoms with Gasteiger partial charge in [-0.15, -0.1) is 20.5 Å². The van der Waals surface area contributed by atoms with Gasteiger partial charge in [-0.2, -0.15) is 65.5 Å². The van der Waals surface area contributed by atoms with Gasteiger partial charge in [-0.05, 0) is 89.8 Å². The van der Waals surface area contributed by atoms with Crippen molar-refractivity contribution in [3.05, 3.63) is 78.1 Å². The smallest absolute Gasteiger partial charge is 0.397 e. The first-order valence-electron chi connectivity index (χ1n) is 20.0. The summed E-state index contributed by atoms with van der Waals surface area (Å²) >= 11 is 6.08. The van der Waals surface area contributed by atoms with Gasteiger partial charge in [0.25, 0.3) is 40.5 Å². The number of halogens is 1. The molecule has 0 atom stereocenters. The largest absolute Gasteiger partial charge is 0.505 e. The van der Waals surface area contributed by atoms with E-state index < -0.39 is 186 Å². The van der Waals surface area contributed by atoms with E-state index in [9.17, 15) is 90.7 Å². The number of azo groups is 2. The van der Waals surface area contributed by atoms with Gasteiger partial charge >= 0.3 is 20.8 Å². The van der Waals surface area contributed by atoms with E-state index in [4.69, 9.17) is 26.4 Å². The minimum atomic E-state index is -5.60. The number of nitrogens with one attached hydrogen (secondary N) is 2. The Bertz CT molecular complexity index is 4500. The van der Waals surface area contributed by atoms with E-state index in [0.29, 0.717) is 30.3 Å². The predicted octanol–water partition coefficient (Wildman–Crippen LogP) is 3.46. The number of aromatic hydroxyl groups is 1. The molecule has 44 heteroatoms. The van der Waals surface area contributed by atoms with Gasteiger partial charge in [-0.3, -0.25) is 27.3 Å². The van der Waals surface area contributed by atoms with Crippen molar-refractivity contribution in [2.75, 3.05) is 41.1 Å². The van der Waals surface area contributed by atoms with Crippen molar-refractivity contribution in [2.24, 2.45) is 20.5 Å². The SMILES string of the molecule is Nc1c(N=Nc2ccc(S(=O)(=O)CCOS(=O)(=O)O)cc2S(=O)(=O)O)c(S(=O)(=O)O)cc2cc(S(=O)(=O)O)c(N=Nc3cc(Nc4nc(Cl)nc(Nc5ccc(S(=O)(=O)CCOS(=O)(=O)O)cc5)n4)ccc3S(=O)(=O)O)c(O)c12. The lowest BCUT2D eigenvalue weighted by molar-refractivity contribution is 0.282. The molecule has 35 nitrogen and oxygen atoms in total. The summed E-state index contributed by atoms with van der Waals surface area (Å²) < 4.78 is 260. The van der Waals surface area contributed by atoms with Gasteiger partial charge in [-0.25, -0.2) is 25.2 Å². The molecule has 0 amide bonds. The van der Waals surface area contributed by atoms with E-state index in [1.54, 1.807) is 0 Å². The van der Waals surface area contributed by atoms with Crippen molar-refractivity contribution in [3.63, 3.8) is 0 Å². The lowest BCUT2D eigenvalue weighted by Crippen LogP contribution is -2.16. The maximum Gasteiger partial charge on any atom is 0.397 e. The maximum absolute atomic E-state index is 12.8. The van der Waals surface area contributed by atoms with Crippen LogP contribution in [0.2, 0.25) is 5.28 Å². The molecule has 426 valence electrons. The Labute approximate surface area is 450 Å². The number of fused-ring (bicyclic) bond motifs is 1. The molecule has 1 aromatic heterocycles. The summed E-state index contributed by atoms with van der Waals surface area (Å²) in [5, 5.41) is 29.0. The van der Waals surface area contributed by atoms with E-state index in [2.05, 4.69) is 54.4 Å². The number of hydrogen-bond acceptors (Lipinski definition) is 29. The molecule has 0 aliphatic rings. The summed E-state index contributed by atoms with van der Waals surface area (Å²) in [6.45, 7) is -2.06. The van der Waals surface area contributed by atoms with Crippen LogP contribution in [0.5, 0.6) is 5.75 Å². The highest BCUT2D eigenvalue weighted by Crippen LogP contribution is 2.49. The van der Waals surface area contributed by atoms with Crippen LogP contribution in [0.4, 0.5) is 51.7 Å². The molecule has 5 aromatic carbocycles. The van der Waals surface area contributed by atoms with Gasteiger partial charge in [0.15, 0.2) is 25.4 Å². The summed E-state index contributed by atoms with van der Waals surface area (Å²) in [6, 6.07) is 9.54. The molecule has 79 heavy (non-hydrogen) atoms. The number of phenols is 1. The van der Waals surface area contributed by atoms with E-state index in [1.165, 1.54) is 12.1 Å². The van der Waals surface area contributed by atoms with Gasteiger partial charge in [-0.1, -0.05) is 0 Å². The first-order chi connectivity index (χ1) is 36.1. The number of phenolic OH excluding ortho intramolecular Hbond substituents is 1. The van der Waals surface area contributed by atoms with Crippen molar-refractivity contribution in [3.8, 4) is 5.75 Å². The Morgan fingerprint density at radius 3 is 1.44 bits per heavy atom. The molecule has 11 N–H and O–H groups in total. The van der Waals surface area contributed by atoms with Crippen LogP contribution < -0.4 is 16.4 Å². The second-order valence-corrected chi connectivity index (χ2v) is 27.4. The second kappa shape index (κ2) is 22.5. The summed E-state index contributed by atoms with van der Waals surface area (Å²) in [5.74, 6) is -4.16. The Balaban J connectivity index is 1.40. The summed E-state index contributed by atoms with van der Waals surface area (Å²) in [5.41, 5.74) is 0.707. The lowest BCUT2D eigenvalue weighted by Gasteiger charge is -2.14. The van der Waals surface area contributed by atoms with Crippen molar-refractivity contribution >= 4 is 155 Å². The molecule has 6 aromatic rings. The van der Waals surface area contributed by atoms with Gasteiger partial charge in [0.2, 0.25) is 17.2 Å². The summed E-state index contributed by atoms with van der Waals surface area (Å²) in [7, 11) is -40.8. The molecule has 0 fully saturated rings. The molecule has 0 aliphatic heterocycles. The molecule has 1 heterocycles. The normalized spacial score (nSPS) is 13.4. The van der Waals surface area contributed by atoms with E-state index >= 15 is 0 Å². The van der Waals surface area contributed by atoms with Gasteiger partial charge < -0.3 is 21.5 Å². The molecule has 0 radical (unpaired) electrons. The highest BCUT2D eigenvalue weighted by atomic mass is 35.5. The fourth-order valence-corrected chi connectivity index (χ4v) is 12.2. The third-order valence-electron chi connectivity index (χ3n) is 9.69. The van der Waals surface area contributed by atoms with Crippen LogP contribution in [0.15, 0.2) is 123 Å². The Kier molecular flexibility index (Phi) is 17.5. The molecule has 0 spiro atoms. The van der Waals surface area contributed by atoms with Crippen molar-refractivity contribution in [1.29, 1.82) is 0 Å². The average Bonchev–Trinajstić information content (AvgIpc) is 3.33. The van der Waals surface area contributed by atoms with Crippen molar-refractivity contribution in [2.45, 2.75) is 29.4 Å². The number of benzene rings is 5. The number of rotatable bonds is 22. The molecule has 0 bridgehead atoms. The molecule has 0 saturated carbocycles. The number of hydrogen-bond donors (Lipinski definition) is 10. The number of anilines is 5. The summed E-state index contributed by atoms with van der Waals surface area (Å²) in [4.78, 5) is 5.47. The highest BCUT2D eigenvalue weighted by Gasteiger charge is 2.30. The third-order valence-corrected chi connectivity index (χ3v) is 17.7. The quantitative estimate of drug-likeness (QED) is 0.0264. The highest BCUT2D eigenvalue weighted by molar-refractivity contribution is 7.92. The lowest BCUT2D eigenvalue weighted by atomic mass is 10.1. The summed E-state index contributed by atoms with van der Waals surface area (Å²) in [6.07, 6.45) is 0. The van der Waals surface area contributed by atoms with Crippen LogP contribution in [-0.2, 0) is 89.3 Å². The minimum Gasteiger partial charge on any atom is -0.505 e. The zero-order chi connectivity index (χ0) is 59.1. The molecule has 0 unspecified atom stereocenters. The van der Waals surface area contributed by atoms with Crippen LogP contribution in [0, 0.1) is 0 Å².